The molecule has 0 aromatic heterocycles. The molecule has 2 atom stereocenters. The molecule has 0 nitrogen and oxygen atoms in total. The number of rotatable bonds is 3. The van der Waals surface area contributed by atoms with Crippen molar-refractivity contribution in [2.24, 2.45) is 0 Å². The molecule has 0 saturated heterocycles. The Hall–Kier alpha value is 0.987. The maximum atomic E-state index is 5.79. The van der Waals surface area contributed by atoms with Crippen LogP contribution < -0.4 is 0 Å². The SMILES string of the molecule is [B]C(C)[C](C)([Pb])CCC. The van der Waals surface area contributed by atoms with Crippen molar-refractivity contribution in [2.45, 2.75) is 42.4 Å². The van der Waals surface area contributed by atoms with Crippen LogP contribution in [0, 0.1) is 0 Å². The fourth-order valence-corrected chi connectivity index (χ4v) is 1.72. The third-order valence-corrected chi connectivity index (χ3v) is 4.52. The van der Waals surface area contributed by atoms with Gasteiger partial charge in [0.05, 0.1) is 0 Å². The second-order valence-electron chi connectivity index (χ2n) is 2.96. The van der Waals surface area contributed by atoms with E-state index in [4.69, 9.17) is 7.85 Å². The van der Waals surface area contributed by atoms with Crippen LogP contribution in [0.4, 0.5) is 0 Å². The summed E-state index contributed by atoms with van der Waals surface area (Å²) >= 11 is 1.22. The summed E-state index contributed by atoms with van der Waals surface area (Å²) in [4.78, 5) is 0. The van der Waals surface area contributed by atoms with Gasteiger partial charge in [-0.3, -0.25) is 0 Å². The van der Waals surface area contributed by atoms with Crippen molar-refractivity contribution in [3.8, 4) is 0 Å². The molecular weight excluding hydrogens is 302 g/mol. The van der Waals surface area contributed by atoms with E-state index in [0.29, 0.717) is 8.79 Å². The molecule has 9 heavy (non-hydrogen) atoms. The van der Waals surface area contributed by atoms with Gasteiger partial charge in [0.2, 0.25) is 0 Å². The predicted molar refractivity (Wildman–Crippen MR) is 44.2 cm³/mol. The summed E-state index contributed by atoms with van der Waals surface area (Å²) in [6.45, 7) is 6.62. The van der Waals surface area contributed by atoms with Crippen molar-refractivity contribution >= 4 is 33.6 Å². The normalized spacial score (nSPS) is 20.9. The topological polar surface area (TPSA) is 0 Å². The van der Waals surface area contributed by atoms with Gasteiger partial charge in [0.25, 0.3) is 0 Å². The minimum atomic E-state index is 0.379. The van der Waals surface area contributed by atoms with Gasteiger partial charge in [0.1, 0.15) is 0 Å². The molecule has 0 aliphatic carbocycles. The van der Waals surface area contributed by atoms with E-state index in [9.17, 15) is 0 Å². The summed E-state index contributed by atoms with van der Waals surface area (Å²) in [5, 5.41) is 0. The molecule has 0 spiro atoms. The van der Waals surface area contributed by atoms with Gasteiger partial charge in [-0.1, -0.05) is 0 Å². The van der Waals surface area contributed by atoms with Gasteiger partial charge in [-0.25, -0.2) is 0 Å². The van der Waals surface area contributed by atoms with Gasteiger partial charge >= 0.3 is 76.0 Å². The molecule has 0 aromatic rings. The molecule has 0 aromatic carbocycles. The molecule has 49 valence electrons. The summed E-state index contributed by atoms with van der Waals surface area (Å²) < 4.78 is 0.467. The Morgan fingerprint density at radius 1 is 1.67 bits per heavy atom. The standard InChI is InChI=1S/C7H14B.Pb/c1-4-5-6(2)7(3)8;/h7H,4-5H2,1-3H3;. The van der Waals surface area contributed by atoms with Gasteiger partial charge in [-0.2, -0.15) is 0 Å². The van der Waals surface area contributed by atoms with Crippen molar-refractivity contribution in [1.82, 2.24) is 0 Å². The number of hydrogen-bond acceptors (Lipinski definition) is 0. The van der Waals surface area contributed by atoms with E-state index >= 15 is 0 Å². The minimum absolute atomic E-state index is 0.379. The molecule has 0 aliphatic heterocycles. The molecular formula is C7H14BPb. The molecule has 0 rings (SSSR count). The van der Waals surface area contributed by atoms with Gasteiger partial charge in [-0.05, 0) is 0 Å². The van der Waals surface area contributed by atoms with E-state index in [1.54, 1.807) is 0 Å². The van der Waals surface area contributed by atoms with E-state index in [-0.39, 0.29) is 0 Å². The summed E-state index contributed by atoms with van der Waals surface area (Å²) in [6, 6.07) is 0. The Balaban J connectivity index is 3.70. The summed E-state index contributed by atoms with van der Waals surface area (Å²) in [7, 11) is 5.79. The van der Waals surface area contributed by atoms with Crippen LogP contribution in [0.15, 0.2) is 0 Å². The van der Waals surface area contributed by atoms with Crippen LogP contribution in [0.5, 0.6) is 0 Å². The van der Waals surface area contributed by atoms with Crippen molar-refractivity contribution in [3.05, 3.63) is 0 Å². The molecule has 0 heterocycles. The Morgan fingerprint density at radius 2 is 2.11 bits per heavy atom. The van der Waals surface area contributed by atoms with E-state index in [1.807, 2.05) is 0 Å². The van der Waals surface area contributed by atoms with Gasteiger partial charge in [0, 0.05) is 0 Å². The van der Waals surface area contributed by atoms with Crippen molar-refractivity contribution in [2.75, 3.05) is 0 Å². The van der Waals surface area contributed by atoms with E-state index in [2.05, 4.69) is 20.8 Å². The van der Waals surface area contributed by atoms with Crippen LogP contribution in [0.2, 0.25) is 8.79 Å². The third-order valence-electron chi connectivity index (χ3n) is 1.77. The molecule has 0 fully saturated rings. The molecule has 2 unspecified atom stereocenters. The zero-order chi connectivity index (χ0) is 7.49. The molecule has 0 aliphatic rings. The van der Waals surface area contributed by atoms with Crippen LogP contribution in [-0.4, -0.2) is 33.6 Å². The quantitative estimate of drug-likeness (QED) is 0.700. The molecule has 2 heteroatoms. The first kappa shape index (κ1) is 9.99. The first-order valence-electron chi connectivity index (χ1n) is 3.51. The Morgan fingerprint density at radius 3 is 2.22 bits per heavy atom. The molecule has 0 N–H and O–H groups in total. The summed E-state index contributed by atoms with van der Waals surface area (Å²) in [6.07, 6.45) is 2.55. The van der Waals surface area contributed by atoms with Crippen LogP contribution in [-0.2, 0) is 0 Å². The third kappa shape index (κ3) is 3.63. The molecule has 0 saturated carbocycles. The second kappa shape index (κ2) is 3.99. The molecule has 5 radical (unpaired) electrons. The van der Waals surface area contributed by atoms with E-state index in [1.165, 1.54) is 38.6 Å². The van der Waals surface area contributed by atoms with Crippen LogP contribution in [0.25, 0.3) is 0 Å². The zero-order valence-electron chi connectivity index (χ0n) is 6.57. The van der Waals surface area contributed by atoms with Crippen LogP contribution >= 0.6 is 0 Å². The average molecular weight is 316 g/mol. The van der Waals surface area contributed by atoms with Gasteiger partial charge < -0.3 is 0 Å². The predicted octanol–water partition coefficient (Wildman–Crippen LogP) is 2.11. The van der Waals surface area contributed by atoms with Crippen LogP contribution in [0.1, 0.15) is 33.6 Å². The van der Waals surface area contributed by atoms with Gasteiger partial charge in [-0.15, -0.1) is 0 Å². The number of hydrogen-bond donors (Lipinski definition) is 0. The van der Waals surface area contributed by atoms with Crippen LogP contribution in [0.3, 0.4) is 0 Å². The fourth-order valence-electron chi connectivity index (χ4n) is 0.747. The Kier molecular flexibility index (Phi) is 4.43. The maximum absolute atomic E-state index is 5.79. The molecule has 0 amide bonds. The Labute approximate surface area is 75.9 Å². The summed E-state index contributed by atoms with van der Waals surface area (Å²) in [5.74, 6) is 0.379. The monoisotopic (exact) mass is 317 g/mol. The first-order chi connectivity index (χ1) is 4.00. The first-order valence-corrected chi connectivity index (χ1v) is 5.45. The van der Waals surface area contributed by atoms with E-state index < -0.39 is 0 Å². The fraction of sp³-hybridized carbons (Fsp3) is 1.00. The van der Waals surface area contributed by atoms with Crippen molar-refractivity contribution in [3.63, 3.8) is 0 Å². The van der Waals surface area contributed by atoms with Gasteiger partial charge in [0.15, 0.2) is 0 Å². The van der Waals surface area contributed by atoms with Crippen molar-refractivity contribution in [1.29, 1.82) is 0 Å². The average Bonchev–Trinajstić information content (AvgIpc) is 1.65. The summed E-state index contributed by atoms with van der Waals surface area (Å²) in [5.41, 5.74) is 0. The second-order valence-corrected chi connectivity index (χ2v) is 7.40. The van der Waals surface area contributed by atoms with Crippen molar-refractivity contribution < 1.29 is 0 Å². The van der Waals surface area contributed by atoms with E-state index in [0.717, 1.165) is 0 Å². The molecule has 0 bridgehead atoms. The zero-order valence-corrected chi connectivity index (χ0v) is 10.5. The Bertz CT molecular complexity index is 79.0.